The lowest BCUT2D eigenvalue weighted by molar-refractivity contribution is 0.795. The van der Waals surface area contributed by atoms with Crippen LogP contribution < -0.4 is 0 Å². The van der Waals surface area contributed by atoms with Gasteiger partial charge in [0, 0.05) is 22.1 Å². The maximum atomic E-state index is 5.28. The summed E-state index contributed by atoms with van der Waals surface area (Å²) in [5.41, 5.74) is 16.9. The Balaban J connectivity index is 1.32. The fraction of sp³-hybridized carbons (Fsp3) is 0.0417. The summed E-state index contributed by atoms with van der Waals surface area (Å²) in [6, 6.07) is 54.5. The molecule has 0 saturated heterocycles. The molecule has 0 saturated carbocycles. The second-order valence-corrected chi connectivity index (χ2v) is 13.3. The van der Waals surface area contributed by atoms with Gasteiger partial charge in [-0.25, -0.2) is 9.97 Å². The smallest absolute Gasteiger partial charge is 0.235 e. The normalized spacial score (nSPS) is 13.4. The topological polar surface area (TPSA) is 30.7 Å². The molecule has 2 aliphatic carbocycles. The van der Waals surface area contributed by atoms with E-state index in [9.17, 15) is 0 Å². The standard InChI is InChI=1S/C48H33N3/c1-3-17-36-38-28-42-37(35-24-13-16-27-41(35)48(42)39-25-14-11-22-33(39)34-23-12-15-26-40(34)48)29-46(38)51(45(36)4-2)47-49-43(31-18-7-5-8-19-31)30-44(50-47)32-20-9-6-10-21-32/h3-30H,2H2,1H3/b17-3-. The van der Waals surface area contributed by atoms with Crippen LogP contribution in [0.25, 0.3) is 73.8 Å². The van der Waals surface area contributed by atoms with Gasteiger partial charge in [0.05, 0.1) is 28.0 Å². The Labute approximate surface area is 297 Å². The van der Waals surface area contributed by atoms with Crippen LogP contribution in [0.5, 0.6) is 0 Å². The maximum Gasteiger partial charge on any atom is 0.235 e. The van der Waals surface area contributed by atoms with Crippen LogP contribution in [-0.2, 0) is 5.41 Å². The lowest BCUT2D eigenvalue weighted by Gasteiger charge is -2.30. The van der Waals surface area contributed by atoms with Crippen LogP contribution in [-0.4, -0.2) is 14.5 Å². The van der Waals surface area contributed by atoms with Gasteiger partial charge in [-0.1, -0.05) is 152 Å². The number of hydrogen-bond donors (Lipinski definition) is 0. The molecule has 51 heavy (non-hydrogen) atoms. The zero-order valence-electron chi connectivity index (χ0n) is 28.2. The maximum absolute atomic E-state index is 5.28. The average molecular weight is 652 g/mol. The van der Waals surface area contributed by atoms with E-state index in [4.69, 9.17) is 9.97 Å². The van der Waals surface area contributed by atoms with Gasteiger partial charge in [-0.15, -0.1) is 0 Å². The molecule has 2 aliphatic rings. The second-order valence-electron chi connectivity index (χ2n) is 13.3. The van der Waals surface area contributed by atoms with E-state index >= 15 is 0 Å². The molecule has 0 aliphatic heterocycles. The van der Waals surface area contributed by atoms with Crippen molar-refractivity contribution in [2.75, 3.05) is 0 Å². The molecule has 0 fully saturated rings. The number of hydrogen-bond acceptors (Lipinski definition) is 2. The molecule has 3 nitrogen and oxygen atoms in total. The molecular weight excluding hydrogens is 619 g/mol. The highest BCUT2D eigenvalue weighted by molar-refractivity contribution is 6.03. The van der Waals surface area contributed by atoms with E-state index in [-0.39, 0.29) is 0 Å². The summed E-state index contributed by atoms with van der Waals surface area (Å²) >= 11 is 0. The minimum atomic E-state index is -0.429. The van der Waals surface area contributed by atoms with Crippen LogP contribution in [0.15, 0.2) is 164 Å². The Morgan fingerprint density at radius 1 is 0.549 bits per heavy atom. The highest BCUT2D eigenvalue weighted by atomic mass is 15.2. The Morgan fingerprint density at radius 3 is 1.55 bits per heavy atom. The van der Waals surface area contributed by atoms with Crippen LogP contribution in [0.3, 0.4) is 0 Å². The third-order valence-corrected chi connectivity index (χ3v) is 10.7. The van der Waals surface area contributed by atoms with E-state index in [1.807, 2.05) is 18.2 Å². The van der Waals surface area contributed by atoms with Gasteiger partial charge in [0.2, 0.25) is 5.95 Å². The van der Waals surface area contributed by atoms with Crippen molar-refractivity contribution >= 4 is 23.1 Å². The molecule has 10 rings (SSSR count). The van der Waals surface area contributed by atoms with Gasteiger partial charge in [0.25, 0.3) is 0 Å². The highest BCUT2D eigenvalue weighted by Gasteiger charge is 2.51. The number of nitrogens with zero attached hydrogens (tertiary/aromatic N) is 3. The SMILES string of the molecule is C=Cc1c(/C=C\C)c2cc3c(cc2n1-c1nc(-c2ccccc2)cc(-c2ccccc2)n1)-c1ccccc1C31c2ccccc2-c2ccccc21. The molecule has 240 valence electrons. The van der Waals surface area contributed by atoms with E-state index in [2.05, 4.69) is 170 Å². The van der Waals surface area contributed by atoms with Crippen molar-refractivity contribution in [3.63, 3.8) is 0 Å². The second kappa shape index (κ2) is 11.2. The molecular formula is C48H33N3. The third-order valence-electron chi connectivity index (χ3n) is 10.7. The third kappa shape index (κ3) is 4.06. The molecule has 6 aromatic carbocycles. The zero-order valence-corrected chi connectivity index (χ0v) is 28.2. The van der Waals surface area contributed by atoms with Gasteiger partial charge in [-0.05, 0) is 75.7 Å². The van der Waals surface area contributed by atoms with E-state index < -0.39 is 5.41 Å². The first kappa shape index (κ1) is 29.3. The minimum Gasteiger partial charge on any atom is -0.278 e. The van der Waals surface area contributed by atoms with Crippen molar-refractivity contribution in [3.8, 4) is 50.7 Å². The summed E-state index contributed by atoms with van der Waals surface area (Å²) in [7, 11) is 0. The van der Waals surface area contributed by atoms with Crippen LogP contribution in [0, 0.1) is 0 Å². The predicted octanol–water partition coefficient (Wildman–Crippen LogP) is 11.8. The summed E-state index contributed by atoms with van der Waals surface area (Å²) in [4.78, 5) is 10.6. The van der Waals surface area contributed by atoms with Gasteiger partial charge in [-0.3, -0.25) is 4.57 Å². The van der Waals surface area contributed by atoms with E-state index in [0.29, 0.717) is 5.95 Å². The number of fused-ring (bicyclic) bond motifs is 11. The van der Waals surface area contributed by atoms with Crippen molar-refractivity contribution in [3.05, 3.63) is 198 Å². The molecule has 2 heterocycles. The summed E-state index contributed by atoms with van der Waals surface area (Å²) in [5, 5.41) is 1.14. The number of allylic oxidation sites excluding steroid dienone is 1. The molecule has 0 bridgehead atoms. The Hall–Kier alpha value is -6.58. The molecule has 3 heteroatoms. The van der Waals surface area contributed by atoms with Gasteiger partial charge < -0.3 is 0 Å². The van der Waals surface area contributed by atoms with Crippen LogP contribution in [0.2, 0.25) is 0 Å². The van der Waals surface area contributed by atoms with Gasteiger partial charge in [-0.2, -0.15) is 0 Å². The first-order valence-electron chi connectivity index (χ1n) is 17.5. The first-order valence-corrected chi connectivity index (χ1v) is 17.5. The molecule has 1 spiro atoms. The Kier molecular flexibility index (Phi) is 6.46. The lowest BCUT2D eigenvalue weighted by atomic mass is 9.70. The first-order chi connectivity index (χ1) is 25.2. The summed E-state index contributed by atoms with van der Waals surface area (Å²) in [5.74, 6) is 0.614. The van der Waals surface area contributed by atoms with Crippen LogP contribution >= 0.6 is 0 Å². The van der Waals surface area contributed by atoms with E-state index in [1.165, 1.54) is 44.5 Å². The molecule has 0 atom stereocenters. The fourth-order valence-corrected chi connectivity index (χ4v) is 8.72. The van der Waals surface area contributed by atoms with Crippen molar-refractivity contribution < 1.29 is 0 Å². The largest absolute Gasteiger partial charge is 0.278 e. The average Bonchev–Trinajstić information content (AvgIpc) is 3.78. The molecule has 0 N–H and O–H groups in total. The molecule has 0 amide bonds. The lowest BCUT2D eigenvalue weighted by Crippen LogP contribution is -2.25. The molecule has 8 aromatic rings. The Morgan fingerprint density at radius 2 is 1.04 bits per heavy atom. The van der Waals surface area contributed by atoms with Gasteiger partial charge in [0.1, 0.15) is 0 Å². The number of benzene rings is 6. The summed E-state index contributed by atoms with van der Waals surface area (Å²) in [6.45, 7) is 6.43. The Bertz CT molecular complexity index is 2610. The quantitative estimate of drug-likeness (QED) is 0.185. The van der Waals surface area contributed by atoms with Gasteiger partial charge in [0.15, 0.2) is 0 Å². The van der Waals surface area contributed by atoms with Gasteiger partial charge >= 0.3 is 0 Å². The molecule has 2 aromatic heterocycles. The van der Waals surface area contributed by atoms with Crippen molar-refractivity contribution in [1.29, 1.82) is 0 Å². The van der Waals surface area contributed by atoms with Crippen molar-refractivity contribution in [2.45, 2.75) is 12.3 Å². The minimum absolute atomic E-state index is 0.429. The fourth-order valence-electron chi connectivity index (χ4n) is 8.72. The van der Waals surface area contributed by atoms with Crippen molar-refractivity contribution in [2.24, 2.45) is 0 Å². The molecule has 0 unspecified atom stereocenters. The van der Waals surface area contributed by atoms with E-state index in [0.717, 1.165) is 44.7 Å². The number of aromatic nitrogens is 3. The van der Waals surface area contributed by atoms with E-state index in [1.54, 1.807) is 0 Å². The molecule has 0 radical (unpaired) electrons. The van der Waals surface area contributed by atoms with Crippen molar-refractivity contribution in [1.82, 2.24) is 14.5 Å². The highest BCUT2D eigenvalue weighted by Crippen LogP contribution is 2.63. The summed E-state index contributed by atoms with van der Waals surface area (Å²) < 4.78 is 2.21. The van der Waals surface area contributed by atoms with Crippen LogP contribution in [0.1, 0.15) is 40.4 Å². The monoisotopic (exact) mass is 651 g/mol. The zero-order chi connectivity index (χ0) is 34.1. The predicted molar refractivity (Wildman–Crippen MR) is 211 cm³/mol. The van der Waals surface area contributed by atoms with Crippen LogP contribution in [0.4, 0.5) is 0 Å². The number of rotatable bonds is 5. The summed E-state index contributed by atoms with van der Waals surface area (Å²) in [6.07, 6.45) is 6.26.